The normalized spacial score (nSPS) is 39.4. The van der Waals surface area contributed by atoms with Crippen molar-refractivity contribution in [3.8, 4) is 0 Å². The van der Waals surface area contributed by atoms with E-state index in [1.165, 1.54) is 38.1 Å². The van der Waals surface area contributed by atoms with Crippen molar-refractivity contribution >= 4 is 11.8 Å². The lowest BCUT2D eigenvalue weighted by atomic mass is 9.89. The van der Waals surface area contributed by atoms with E-state index in [1.54, 1.807) is 0 Å². The van der Waals surface area contributed by atoms with Gasteiger partial charge in [0, 0.05) is 29.9 Å². The Labute approximate surface area is 110 Å². The van der Waals surface area contributed by atoms with Crippen LogP contribution < -0.4 is 5.73 Å². The molecule has 3 unspecified atom stereocenters. The second-order valence-corrected chi connectivity index (χ2v) is 7.27. The van der Waals surface area contributed by atoms with Gasteiger partial charge in [-0.3, -0.25) is 4.90 Å². The minimum atomic E-state index is 0.280. The molecule has 2 aliphatic heterocycles. The van der Waals surface area contributed by atoms with Crippen LogP contribution in [0.4, 0.5) is 0 Å². The van der Waals surface area contributed by atoms with Crippen molar-refractivity contribution in [2.24, 2.45) is 5.73 Å². The van der Waals surface area contributed by atoms with E-state index in [9.17, 15) is 0 Å². The number of thioether (sulfide) groups is 1. The van der Waals surface area contributed by atoms with E-state index in [0.717, 1.165) is 12.6 Å². The van der Waals surface area contributed by atoms with Crippen LogP contribution in [0.2, 0.25) is 0 Å². The van der Waals surface area contributed by atoms with Gasteiger partial charge >= 0.3 is 0 Å². The second kappa shape index (κ2) is 5.47. The number of hydrogen-bond acceptors (Lipinski definition) is 4. The van der Waals surface area contributed by atoms with Crippen molar-refractivity contribution in [2.45, 2.75) is 43.0 Å². The summed E-state index contributed by atoms with van der Waals surface area (Å²) in [4.78, 5) is 5.07. The lowest BCUT2D eigenvalue weighted by molar-refractivity contribution is 0.0709. The van der Waals surface area contributed by atoms with Crippen molar-refractivity contribution in [1.82, 2.24) is 9.80 Å². The molecular weight excluding hydrogens is 230 g/mol. The molecule has 2 aliphatic rings. The topological polar surface area (TPSA) is 32.5 Å². The Morgan fingerprint density at radius 2 is 2.24 bits per heavy atom. The van der Waals surface area contributed by atoms with Crippen LogP contribution in [0.1, 0.15) is 26.2 Å². The molecule has 2 N–H and O–H groups in total. The van der Waals surface area contributed by atoms with E-state index in [1.807, 2.05) is 0 Å². The third-order valence-electron chi connectivity index (χ3n) is 4.54. The highest BCUT2D eigenvalue weighted by molar-refractivity contribution is 8.00. The molecular formula is C13H27N3S. The van der Waals surface area contributed by atoms with Gasteiger partial charge in [0.05, 0.1) is 0 Å². The van der Waals surface area contributed by atoms with Gasteiger partial charge in [-0.05, 0) is 45.7 Å². The van der Waals surface area contributed by atoms with Gasteiger partial charge in [-0.25, -0.2) is 0 Å². The molecule has 0 amide bonds. The Balaban J connectivity index is 2.13. The second-order valence-electron chi connectivity index (χ2n) is 5.82. The third kappa shape index (κ3) is 2.50. The summed E-state index contributed by atoms with van der Waals surface area (Å²) < 4.78 is 0. The van der Waals surface area contributed by atoms with Crippen molar-refractivity contribution in [3.05, 3.63) is 0 Å². The van der Waals surface area contributed by atoms with Crippen LogP contribution in [0.25, 0.3) is 0 Å². The first-order valence-electron chi connectivity index (χ1n) is 6.83. The highest BCUT2D eigenvalue weighted by Crippen LogP contribution is 2.42. The van der Waals surface area contributed by atoms with Gasteiger partial charge in [-0.15, -0.1) is 0 Å². The van der Waals surface area contributed by atoms with Crippen LogP contribution >= 0.6 is 11.8 Å². The molecule has 100 valence electrons. The Kier molecular flexibility index (Phi) is 4.40. The highest BCUT2D eigenvalue weighted by atomic mass is 32.2. The zero-order chi connectivity index (χ0) is 12.5. The maximum Gasteiger partial charge on any atom is 0.0458 e. The zero-order valence-electron chi connectivity index (χ0n) is 11.5. The molecule has 0 aromatic carbocycles. The van der Waals surface area contributed by atoms with Crippen molar-refractivity contribution in [2.75, 3.05) is 39.5 Å². The molecule has 0 spiro atoms. The predicted octanol–water partition coefficient (Wildman–Crippen LogP) is 1.24. The fraction of sp³-hybridized carbons (Fsp3) is 1.00. The van der Waals surface area contributed by atoms with Crippen LogP contribution in [-0.2, 0) is 0 Å². The summed E-state index contributed by atoms with van der Waals surface area (Å²) in [5.74, 6) is 1.28. The van der Waals surface area contributed by atoms with E-state index < -0.39 is 0 Å². The number of likely N-dealkylation sites (N-methyl/N-ethyl adjacent to an activating group) is 1. The Morgan fingerprint density at radius 1 is 1.47 bits per heavy atom. The summed E-state index contributed by atoms with van der Waals surface area (Å²) in [5, 5.41) is 0.690. The molecule has 17 heavy (non-hydrogen) atoms. The van der Waals surface area contributed by atoms with Gasteiger partial charge in [0.1, 0.15) is 0 Å². The molecule has 2 fully saturated rings. The fourth-order valence-corrected chi connectivity index (χ4v) is 5.05. The summed E-state index contributed by atoms with van der Waals surface area (Å²) in [5.41, 5.74) is 6.44. The highest BCUT2D eigenvalue weighted by Gasteiger charge is 2.48. The maximum absolute atomic E-state index is 6.16. The molecule has 3 nitrogen and oxygen atoms in total. The summed E-state index contributed by atoms with van der Waals surface area (Å²) in [6.07, 6.45) is 3.97. The van der Waals surface area contributed by atoms with Gasteiger partial charge in [0.25, 0.3) is 0 Å². The van der Waals surface area contributed by atoms with Crippen molar-refractivity contribution < 1.29 is 0 Å². The fourth-order valence-electron chi connectivity index (χ4n) is 3.57. The molecule has 0 radical (unpaired) electrons. The number of likely N-dealkylation sites (tertiary alicyclic amines) is 1. The molecule has 0 aromatic heterocycles. The molecule has 2 heterocycles. The maximum atomic E-state index is 6.16. The molecule has 0 bridgehead atoms. The molecule has 3 atom stereocenters. The average molecular weight is 257 g/mol. The lowest BCUT2D eigenvalue weighted by Gasteiger charge is -2.45. The first kappa shape index (κ1) is 13.7. The molecule has 0 aromatic rings. The van der Waals surface area contributed by atoms with E-state index in [4.69, 9.17) is 5.73 Å². The minimum absolute atomic E-state index is 0.280. The number of hydrogen-bond donors (Lipinski definition) is 1. The zero-order valence-corrected chi connectivity index (χ0v) is 12.3. The third-order valence-corrected chi connectivity index (χ3v) is 5.92. The summed E-state index contributed by atoms with van der Waals surface area (Å²) in [6.45, 7) is 5.63. The SMILES string of the molecule is CC1SCCC1(CN)N1CCCC1CN(C)C. The van der Waals surface area contributed by atoms with Crippen LogP contribution in [-0.4, -0.2) is 66.1 Å². The van der Waals surface area contributed by atoms with Crippen LogP contribution in [0.5, 0.6) is 0 Å². The smallest absolute Gasteiger partial charge is 0.0458 e. The first-order valence-corrected chi connectivity index (χ1v) is 7.88. The van der Waals surface area contributed by atoms with E-state index in [2.05, 4.69) is 42.6 Å². The van der Waals surface area contributed by atoms with Gasteiger partial charge < -0.3 is 10.6 Å². The van der Waals surface area contributed by atoms with Crippen molar-refractivity contribution in [3.63, 3.8) is 0 Å². The van der Waals surface area contributed by atoms with Gasteiger partial charge in [0.2, 0.25) is 0 Å². The number of nitrogens with two attached hydrogens (primary N) is 1. The Morgan fingerprint density at radius 3 is 2.76 bits per heavy atom. The lowest BCUT2D eigenvalue weighted by Crippen LogP contribution is -2.60. The van der Waals surface area contributed by atoms with Crippen LogP contribution in [0, 0.1) is 0 Å². The summed E-state index contributed by atoms with van der Waals surface area (Å²) in [6, 6.07) is 0.717. The van der Waals surface area contributed by atoms with E-state index in [-0.39, 0.29) is 5.54 Å². The monoisotopic (exact) mass is 257 g/mol. The largest absolute Gasteiger partial charge is 0.329 e. The average Bonchev–Trinajstić information content (AvgIpc) is 2.85. The molecule has 2 saturated heterocycles. The van der Waals surface area contributed by atoms with Crippen LogP contribution in [0.15, 0.2) is 0 Å². The summed E-state index contributed by atoms with van der Waals surface area (Å²) in [7, 11) is 4.36. The Bertz CT molecular complexity index is 259. The molecule has 0 aliphatic carbocycles. The van der Waals surface area contributed by atoms with Crippen molar-refractivity contribution in [1.29, 1.82) is 0 Å². The summed E-state index contributed by atoms with van der Waals surface area (Å²) >= 11 is 2.10. The Hall–Kier alpha value is 0.230. The number of rotatable bonds is 4. The molecule has 2 rings (SSSR count). The van der Waals surface area contributed by atoms with Gasteiger partial charge in [-0.1, -0.05) is 6.92 Å². The standard InChI is InChI=1S/C13H27N3S/c1-11-13(10-14,6-8-17-11)16-7-4-5-12(16)9-15(2)3/h11-12H,4-10,14H2,1-3H3. The predicted molar refractivity (Wildman–Crippen MR) is 76.6 cm³/mol. The van der Waals surface area contributed by atoms with Gasteiger partial charge in [0.15, 0.2) is 0 Å². The molecule has 0 saturated carbocycles. The van der Waals surface area contributed by atoms with Crippen LogP contribution in [0.3, 0.4) is 0 Å². The first-order chi connectivity index (χ1) is 8.10. The number of nitrogens with zero attached hydrogens (tertiary/aromatic N) is 2. The molecule has 4 heteroatoms. The van der Waals surface area contributed by atoms with E-state index in [0.29, 0.717) is 5.25 Å². The minimum Gasteiger partial charge on any atom is -0.329 e. The quantitative estimate of drug-likeness (QED) is 0.821. The van der Waals surface area contributed by atoms with Gasteiger partial charge in [-0.2, -0.15) is 11.8 Å². The van der Waals surface area contributed by atoms with E-state index >= 15 is 0 Å².